The van der Waals surface area contributed by atoms with Crippen molar-refractivity contribution < 1.29 is 9.53 Å². The average molecular weight is 304 g/mol. The van der Waals surface area contributed by atoms with Gasteiger partial charge in [-0.25, -0.2) is 4.79 Å². The van der Waals surface area contributed by atoms with Crippen molar-refractivity contribution >= 4 is 6.03 Å². The van der Waals surface area contributed by atoms with Crippen molar-refractivity contribution in [2.75, 3.05) is 39.3 Å². The number of piperazine rings is 1. The van der Waals surface area contributed by atoms with E-state index in [1.807, 2.05) is 23.1 Å². The molecule has 1 atom stereocenters. The van der Waals surface area contributed by atoms with Crippen molar-refractivity contribution in [3.8, 4) is 0 Å². The fourth-order valence-corrected chi connectivity index (χ4v) is 2.99. The average Bonchev–Trinajstić information content (AvgIpc) is 3.07. The zero-order chi connectivity index (χ0) is 15.2. The topological polar surface area (TPSA) is 57.7 Å². The van der Waals surface area contributed by atoms with E-state index in [2.05, 4.69) is 15.2 Å². The number of aromatic nitrogens is 1. The van der Waals surface area contributed by atoms with Gasteiger partial charge in [0, 0.05) is 45.5 Å². The third-order valence-corrected chi connectivity index (χ3v) is 4.29. The lowest BCUT2D eigenvalue weighted by Crippen LogP contribution is -2.52. The Morgan fingerprint density at radius 3 is 2.86 bits per heavy atom. The first kappa shape index (κ1) is 15.2. The van der Waals surface area contributed by atoms with Gasteiger partial charge in [-0.3, -0.25) is 9.88 Å². The number of carbonyl (C=O) groups excluding carboxylic acids is 1. The lowest BCUT2D eigenvalue weighted by atomic mass is 10.2. The number of rotatable bonds is 4. The molecule has 2 saturated heterocycles. The van der Waals surface area contributed by atoms with E-state index >= 15 is 0 Å². The van der Waals surface area contributed by atoms with Crippen molar-refractivity contribution in [2.24, 2.45) is 0 Å². The number of amides is 2. The van der Waals surface area contributed by atoms with Gasteiger partial charge in [-0.1, -0.05) is 6.07 Å². The minimum absolute atomic E-state index is 0.00224. The van der Waals surface area contributed by atoms with Crippen LogP contribution >= 0.6 is 0 Å². The molecule has 3 heterocycles. The standard InChI is InChI=1S/C16H24N4O2/c21-16(18-12-14-4-1-2-6-17-14)20-9-7-19(8-10-20)13-15-5-3-11-22-15/h1-2,4,6,15H,3,5,7-13H2,(H,18,21). The van der Waals surface area contributed by atoms with Gasteiger partial charge in [0.15, 0.2) is 0 Å². The molecule has 0 radical (unpaired) electrons. The Morgan fingerprint density at radius 2 is 2.18 bits per heavy atom. The largest absolute Gasteiger partial charge is 0.377 e. The molecule has 6 heteroatoms. The molecule has 6 nitrogen and oxygen atoms in total. The molecule has 3 rings (SSSR count). The molecule has 2 fully saturated rings. The van der Waals surface area contributed by atoms with Gasteiger partial charge in [0.25, 0.3) is 0 Å². The Morgan fingerprint density at radius 1 is 1.32 bits per heavy atom. The second kappa shape index (κ2) is 7.56. The molecular weight excluding hydrogens is 280 g/mol. The van der Waals surface area contributed by atoms with Gasteiger partial charge in [-0.05, 0) is 25.0 Å². The molecule has 120 valence electrons. The first-order valence-corrected chi connectivity index (χ1v) is 8.08. The van der Waals surface area contributed by atoms with E-state index in [4.69, 9.17) is 4.74 Å². The molecule has 0 spiro atoms. The van der Waals surface area contributed by atoms with Crippen LogP contribution in [-0.4, -0.2) is 66.2 Å². The first-order chi connectivity index (χ1) is 10.8. The maximum atomic E-state index is 12.2. The second-order valence-corrected chi connectivity index (χ2v) is 5.90. The summed E-state index contributed by atoms with van der Waals surface area (Å²) in [4.78, 5) is 20.7. The molecule has 2 amide bonds. The lowest BCUT2D eigenvalue weighted by molar-refractivity contribution is 0.0561. The monoisotopic (exact) mass is 304 g/mol. The van der Waals surface area contributed by atoms with E-state index in [-0.39, 0.29) is 6.03 Å². The van der Waals surface area contributed by atoms with Gasteiger partial charge in [0.05, 0.1) is 18.3 Å². The van der Waals surface area contributed by atoms with Crippen molar-refractivity contribution in [2.45, 2.75) is 25.5 Å². The predicted octanol–water partition coefficient (Wildman–Crippen LogP) is 1.09. The normalized spacial score (nSPS) is 22.7. The maximum Gasteiger partial charge on any atom is 0.317 e. The van der Waals surface area contributed by atoms with Gasteiger partial charge in [-0.2, -0.15) is 0 Å². The minimum atomic E-state index is 0.00224. The van der Waals surface area contributed by atoms with Crippen molar-refractivity contribution in [1.29, 1.82) is 0 Å². The first-order valence-electron chi connectivity index (χ1n) is 8.08. The van der Waals surface area contributed by atoms with Crippen LogP contribution in [0.25, 0.3) is 0 Å². The summed E-state index contributed by atoms with van der Waals surface area (Å²) in [7, 11) is 0. The summed E-state index contributed by atoms with van der Waals surface area (Å²) >= 11 is 0. The maximum absolute atomic E-state index is 12.2. The van der Waals surface area contributed by atoms with Gasteiger partial charge in [0.1, 0.15) is 0 Å². The highest BCUT2D eigenvalue weighted by Gasteiger charge is 2.24. The van der Waals surface area contributed by atoms with Crippen molar-refractivity contribution in [1.82, 2.24) is 20.1 Å². The summed E-state index contributed by atoms with van der Waals surface area (Å²) in [5, 5.41) is 2.94. The summed E-state index contributed by atoms with van der Waals surface area (Å²) in [6.07, 6.45) is 4.49. The van der Waals surface area contributed by atoms with Crippen LogP contribution in [0.4, 0.5) is 4.79 Å². The third-order valence-electron chi connectivity index (χ3n) is 4.29. The van der Waals surface area contributed by atoms with Gasteiger partial charge in [0.2, 0.25) is 0 Å². The van der Waals surface area contributed by atoms with Gasteiger partial charge in [-0.15, -0.1) is 0 Å². The number of pyridine rings is 1. The molecule has 0 aromatic carbocycles. The Kier molecular flexibility index (Phi) is 5.24. The van der Waals surface area contributed by atoms with Crippen LogP contribution in [0, 0.1) is 0 Å². The molecule has 2 aliphatic heterocycles. The highest BCUT2D eigenvalue weighted by Crippen LogP contribution is 2.14. The molecule has 2 aliphatic rings. The summed E-state index contributed by atoms with van der Waals surface area (Å²) in [6.45, 7) is 5.80. The van der Waals surface area contributed by atoms with Crippen LogP contribution in [-0.2, 0) is 11.3 Å². The Hall–Kier alpha value is -1.66. The van der Waals surface area contributed by atoms with E-state index in [0.29, 0.717) is 12.6 Å². The quantitative estimate of drug-likeness (QED) is 0.904. The number of carbonyl (C=O) groups is 1. The number of hydrogen-bond donors (Lipinski definition) is 1. The Bertz CT molecular complexity index is 468. The second-order valence-electron chi connectivity index (χ2n) is 5.90. The fraction of sp³-hybridized carbons (Fsp3) is 0.625. The van der Waals surface area contributed by atoms with Gasteiger partial charge >= 0.3 is 6.03 Å². The molecule has 0 bridgehead atoms. The summed E-state index contributed by atoms with van der Waals surface area (Å²) < 4.78 is 5.68. The van der Waals surface area contributed by atoms with Crippen molar-refractivity contribution in [3.05, 3.63) is 30.1 Å². The number of ether oxygens (including phenoxy) is 1. The van der Waals surface area contributed by atoms with E-state index in [1.165, 1.54) is 12.8 Å². The van der Waals surface area contributed by atoms with Crippen LogP contribution in [0.5, 0.6) is 0 Å². The number of nitrogens with one attached hydrogen (secondary N) is 1. The number of hydrogen-bond acceptors (Lipinski definition) is 4. The molecule has 1 unspecified atom stereocenters. The lowest BCUT2D eigenvalue weighted by Gasteiger charge is -2.35. The molecule has 1 N–H and O–H groups in total. The summed E-state index contributed by atoms with van der Waals surface area (Å²) in [6, 6.07) is 5.72. The Balaban J connectivity index is 1.38. The van der Waals surface area contributed by atoms with Crippen LogP contribution in [0.3, 0.4) is 0 Å². The number of nitrogens with zero attached hydrogens (tertiary/aromatic N) is 3. The predicted molar refractivity (Wildman–Crippen MR) is 83.5 cm³/mol. The molecule has 1 aromatic rings. The zero-order valence-corrected chi connectivity index (χ0v) is 12.9. The van der Waals surface area contributed by atoms with E-state index in [1.54, 1.807) is 6.20 Å². The molecule has 0 saturated carbocycles. The minimum Gasteiger partial charge on any atom is -0.377 e. The highest BCUT2D eigenvalue weighted by atomic mass is 16.5. The Labute approximate surface area is 131 Å². The number of urea groups is 1. The van der Waals surface area contributed by atoms with E-state index in [9.17, 15) is 4.79 Å². The summed E-state index contributed by atoms with van der Waals surface area (Å²) in [5.41, 5.74) is 0.882. The van der Waals surface area contributed by atoms with Crippen LogP contribution in [0.1, 0.15) is 18.5 Å². The van der Waals surface area contributed by atoms with Crippen LogP contribution in [0.15, 0.2) is 24.4 Å². The van der Waals surface area contributed by atoms with E-state index in [0.717, 1.165) is 45.0 Å². The molecule has 1 aromatic heterocycles. The van der Waals surface area contributed by atoms with Crippen LogP contribution < -0.4 is 5.32 Å². The molecular formula is C16H24N4O2. The van der Waals surface area contributed by atoms with Crippen LogP contribution in [0.2, 0.25) is 0 Å². The third kappa shape index (κ3) is 4.18. The zero-order valence-electron chi connectivity index (χ0n) is 12.9. The molecule has 0 aliphatic carbocycles. The summed E-state index contributed by atoms with van der Waals surface area (Å²) in [5.74, 6) is 0. The fourth-order valence-electron chi connectivity index (χ4n) is 2.99. The van der Waals surface area contributed by atoms with Gasteiger partial charge < -0.3 is 15.0 Å². The van der Waals surface area contributed by atoms with Crippen molar-refractivity contribution in [3.63, 3.8) is 0 Å². The molecule has 22 heavy (non-hydrogen) atoms. The highest BCUT2D eigenvalue weighted by molar-refractivity contribution is 5.74. The SMILES string of the molecule is O=C(NCc1ccccn1)N1CCN(CC2CCCO2)CC1. The van der Waals surface area contributed by atoms with E-state index < -0.39 is 0 Å². The smallest absolute Gasteiger partial charge is 0.317 e.